The Morgan fingerprint density at radius 3 is 2.76 bits per heavy atom. The molecule has 2 aromatic carbocycles. The highest BCUT2D eigenvalue weighted by Crippen LogP contribution is 2.34. The number of aryl methyl sites for hydroxylation is 1. The molecular weight excluding hydrogens is 472 g/mol. The summed E-state index contributed by atoms with van der Waals surface area (Å²) in [6.45, 7) is 2.32. The average molecular weight is 499 g/mol. The van der Waals surface area contributed by atoms with E-state index in [9.17, 15) is 19.2 Å². The van der Waals surface area contributed by atoms with Gasteiger partial charge >= 0.3 is 0 Å². The van der Waals surface area contributed by atoms with Crippen LogP contribution in [0.4, 0.5) is 0 Å². The number of nitrogens with zero attached hydrogens (tertiary/aromatic N) is 1. The number of hydrogen-bond donors (Lipinski definition) is 1. The molecule has 3 amide bonds. The maximum Gasteiger partial charge on any atom is 0.255 e. The largest absolute Gasteiger partial charge is 0.322 e. The summed E-state index contributed by atoms with van der Waals surface area (Å²) >= 11 is 7.82. The molecule has 0 bridgehead atoms. The van der Waals surface area contributed by atoms with Crippen molar-refractivity contribution in [2.75, 3.05) is 5.75 Å². The Bertz CT molecular complexity index is 1150. The first kappa shape index (κ1) is 24.5. The third-order valence-corrected chi connectivity index (χ3v) is 7.88. The smallest absolute Gasteiger partial charge is 0.255 e. The number of rotatable bonds is 9. The van der Waals surface area contributed by atoms with Crippen LogP contribution < -0.4 is 5.32 Å². The molecule has 2 heterocycles. The molecular formula is C26H27ClN2O4S. The molecule has 1 fully saturated rings. The number of nitrogens with one attached hydrogen (secondary N) is 1. The molecule has 2 aliphatic heterocycles. The van der Waals surface area contributed by atoms with E-state index in [-0.39, 0.29) is 24.0 Å². The van der Waals surface area contributed by atoms with E-state index in [1.54, 1.807) is 22.7 Å². The van der Waals surface area contributed by atoms with Crippen LogP contribution in [-0.2, 0) is 27.3 Å². The summed E-state index contributed by atoms with van der Waals surface area (Å²) in [4.78, 5) is 51.6. The summed E-state index contributed by atoms with van der Waals surface area (Å²) in [6.07, 6.45) is 3.23. The highest BCUT2D eigenvalue weighted by atomic mass is 35.5. The fourth-order valence-corrected chi connectivity index (χ4v) is 5.66. The Hall–Kier alpha value is -2.64. The fourth-order valence-electron chi connectivity index (χ4n) is 4.36. The van der Waals surface area contributed by atoms with Crippen LogP contribution in [0.3, 0.4) is 0 Å². The van der Waals surface area contributed by atoms with Gasteiger partial charge in [-0.2, -0.15) is 0 Å². The average Bonchev–Trinajstić information content (AvgIpc) is 3.13. The van der Waals surface area contributed by atoms with Gasteiger partial charge in [-0.25, -0.2) is 0 Å². The van der Waals surface area contributed by atoms with Crippen LogP contribution in [0.1, 0.15) is 59.2 Å². The topological polar surface area (TPSA) is 83.6 Å². The molecule has 1 N–H and O–H groups in total. The maximum atomic E-state index is 12.9. The van der Waals surface area contributed by atoms with Gasteiger partial charge in [0.1, 0.15) is 11.8 Å². The van der Waals surface area contributed by atoms with Crippen molar-refractivity contribution >= 4 is 46.9 Å². The number of thioether (sulfide) groups is 1. The number of imide groups is 1. The molecule has 4 rings (SSSR count). The second-order valence-electron chi connectivity index (χ2n) is 8.79. The second-order valence-corrected chi connectivity index (χ2v) is 10.3. The molecule has 0 radical (unpaired) electrons. The lowest BCUT2D eigenvalue weighted by molar-refractivity contribution is -0.137. The van der Waals surface area contributed by atoms with Crippen LogP contribution in [0.2, 0.25) is 5.02 Å². The van der Waals surface area contributed by atoms with Gasteiger partial charge in [0.05, 0.1) is 0 Å². The molecule has 34 heavy (non-hydrogen) atoms. The second kappa shape index (κ2) is 10.7. The number of piperidine rings is 1. The monoisotopic (exact) mass is 498 g/mol. The highest BCUT2D eigenvalue weighted by Gasteiger charge is 2.39. The lowest BCUT2D eigenvalue weighted by Crippen LogP contribution is -2.52. The van der Waals surface area contributed by atoms with Gasteiger partial charge in [-0.3, -0.25) is 24.5 Å². The maximum absolute atomic E-state index is 12.9. The minimum atomic E-state index is -0.607. The summed E-state index contributed by atoms with van der Waals surface area (Å²) in [5, 5.41) is 3.02. The Labute approximate surface area is 208 Å². The summed E-state index contributed by atoms with van der Waals surface area (Å²) in [7, 11) is 0. The molecule has 1 unspecified atom stereocenters. The molecule has 6 nitrogen and oxygen atoms in total. The number of hydrogen-bond acceptors (Lipinski definition) is 5. The molecule has 1 atom stereocenters. The van der Waals surface area contributed by atoms with E-state index >= 15 is 0 Å². The lowest BCUT2D eigenvalue weighted by atomic mass is 10.0. The Morgan fingerprint density at radius 2 is 2.00 bits per heavy atom. The van der Waals surface area contributed by atoms with Gasteiger partial charge < -0.3 is 4.90 Å². The molecule has 0 spiro atoms. The molecule has 1 saturated heterocycles. The minimum Gasteiger partial charge on any atom is -0.322 e. The van der Waals surface area contributed by atoms with E-state index in [4.69, 9.17) is 11.6 Å². The van der Waals surface area contributed by atoms with Crippen molar-refractivity contribution < 1.29 is 19.2 Å². The predicted octanol–water partition coefficient (Wildman–Crippen LogP) is 4.48. The van der Waals surface area contributed by atoms with E-state index in [1.807, 2.05) is 37.3 Å². The molecule has 2 aromatic rings. The molecule has 0 saturated carbocycles. The Balaban J connectivity index is 1.26. The normalized spacial score (nSPS) is 17.6. The number of fused-ring (bicyclic) bond motifs is 1. The van der Waals surface area contributed by atoms with Gasteiger partial charge in [-0.05, 0) is 66.8 Å². The highest BCUT2D eigenvalue weighted by molar-refractivity contribution is 7.99. The Kier molecular flexibility index (Phi) is 7.73. The van der Waals surface area contributed by atoms with Gasteiger partial charge in [0, 0.05) is 41.3 Å². The van der Waals surface area contributed by atoms with Crippen molar-refractivity contribution in [1.29, 1.82) is 0 Å². The first-order chi connectivity index (χ1) is 16.3. The number of carbonyl (C=O) groups excluding carboxylic acids is 4. The summed E-state index contributed by atoms with van der Waals surface area (Å²) < 4.78 is 0. The standard InChI is InChI=1S/C26H27ClN2O4S/c1-16-8-9-17(14-21(16)27)13-18(30)5-2-3-12-34-23-7-4-6-19-20(23)15-29(26(19)33)22-10-11-24(31)28-25(22)32/h4,6-9,14,22H,2-3,5,10-13,15H2,1H3,(H,28,31,32). The van der Waals surface area contributed by atoms with Crippen LogP contribution in [-0.4, -0.2) is 40.2 Å². The SMILES string of the molecule is Cc1ccc(CC(=O)CCCCSc2cccc3c2CN(C2CCC(=O)NC2=O)C3=O)cc1Cl. The fraction of sp³-hybridized carbons (Fsp3) is 0.385. The predicted molar refractivity (Wildman–Crippen MR) is 132 cm³/mol. The Morgan fingerprint density at radius 1 is 1.18 bits per heavy atom. The number of Topliss-reactive ketones (excluding diaryl/α,β-unsaturated/α-hetero) is 1. The van der Waals surface area contributed by atoms with E-state index in [2.05, 4.69) is 5.32 Å². The zero-order chi connectivity index (χ0) is 24.2. The van der Waals surface area contributed by atoms with E-state index in [0.717, 1.165) is 40.2 Å². The van der Waals surface area contributed by atoms with Crippen molar-refractivity contribution in [1.82, 2.24) is 10.2 Å². The van der Waals surface area contributed by atoms with Gasteiger partial charge in [0.25, 0.3) is 5.91 Å². The van der Waals surface area contributed by atoms with Crippen molar-refractivity contribution in [3.63, 3.8) is 0 Å². The lowest BCUT2D eigenvalue weighted by Gasteiger charge is -2.29. The summed E-state index contributed by atoms with van der Waals surface area (Å²) in [6, 6.07) is 10.8. The first-order valence-electron chi connectivity index (χ1n) is 11.5. The number of ketones is 1. The van der Waals surface area contributed by atoms with Crippen LogP contribution in [0.15, 0.2) is 41.3 Å². The minimum absolute atomic E-state index is 0.159. The summed E-state index contributed by atoms with van der Waals surface area (Å²) in [5.74, 6) is 0.198. The zero-order valence-electron chi connectivity index (χ0n) is 19.1. The number of amides is 3. The number of benzene rings is 2. The van der Waals surface area contributed by atoms with Crippen molar-refractivity contribution in [2.24, 2.45) is 0 Å². The first-order valence-corrected chi connectivity index (χ1v) is 12.9. The van der Waals surface area contributed by atoms with Crippen LogP contribution in [0, 0.1) is 6.92 Å². The third-order valence-electron chi connectivity index (χ3n) is 6.28. The van der Waals surface area contributed by atoms with E-state index in [1.165, 1.54) is 0 Å². The zero-order valence-corrected chi connectivity index (χ0v) is 20.6. The van der Waals surface area contributed by atoms with E-state index in [0.29, 0.717) is 36.4 Å². The number of unbranched alkanes of at least 4 members (excludes halogenated alkanes) is 1. The third kappa shape index (κ3) is 5.53. The van der Waals surface area contributed by atoms with Crippen LogP contribution in [0.25, 0.3) is 0 Å². The van der Waals surface area contributed by atoms with Crippen molar-refractivity contribution in [2.45, 2.75) is 62.9 Å². The molecule has 8 heteroatoms. The number of halogens is 1. The van der Waals surface area contributed by atoms with Crippen molar-refractivity contribution in [3.05, 3.63) is 63.7 Å². The van der Waals surface area contributed by atoms with Gasteiger partial charge in [0.15, 0.2) is 0 Å². The number of carbonyl (C=O) groups is 4. The van der Waals surface area contributed by atoms with Gasteiger partial charge in [-0.15, -0.1) is 11.8 Å². The molecule has 178 valence electrons. The van der Waals surface area contributed by atoms with Crippen LogP contribution in [0.5, 0.6) is 0 Å². The summed E-state index contributed by atoms with van der Waals surface area (Å²) in [5.41, 5.74) is 3.51. The molecule has 0 aromatic heterocycles. The van der Waals surface area contributed by atoms with E-state index < -0.39 is 11.9 Å². The molecule has 2 aliphatic rings. The van der Waals surface area contributed by atoms with Gasteiger partial charge in [0.2, 0.25) is 11.8 Å². The van der Waals surface area contributed by atoms with Gasteiger partial charge in [-0.1, -0.05) is 29.8 Å². The van der Waals surface area contributed by atoms with Crippen LogP contribution >= 0.6 is 23.4 Å². The quantitative estimate of drug-likeness (QED) is 0.313. The van der Waals surface area contributed by atoms with Crippen molar-refractivity contribution in [3.8, 4) is 0 Å². The molecule has 0 aliphatic carbocycles.